The number of benzene rings is 1. The molecule has 1 aromatic heterocycles. The van der Waals surface area contributed by atoms with E-state index < -0.39 is 27.9 Å². The average molecular weight is 352 g/mol. The summed E-state index contributed by atoms with van der Waals surface area (Å²) in [5, 5.41) is 2.78. The lowest BCUT2D eigenvalue weighted by atomic mass is 9.98. The third-order valence-corrected chi connectivity index (χ3v) is 5.47. The van der Waals surface area contributed by atoms with Crippen molar-refractivity contribution in [1.82, 2.24) is 19.6 Å². The Balaban J connectivity index is 1.87. The number of amides is 1. The highest BCUT2D eigenvalue weighted by Crippen LogP contribution is 2.24. The maximum Gasteiger partial charge on any atom is 0.240 e. The number of carbonyl (C=O) groups excluding carboxylic acids is 1. The second-order valence-electron chi connectivity index (χ2n) is 5.66. The number of imidazole rings is 1. The molecule has 3 rings (SSSR count). The van der Waals surface area contributed by atoms with Gasteiger partial charge in [0, 0.05) is 25.9 Å². The molecule has 1 aliphatic heterocycles. The quantitative estimate of drug-likeness (QED) is 0.853. The Hall–Kier alpha value is -2.26. The summed E-state index contributed by atoms with van der Waals surface area (Å²) in [7, 11) is -2.06. The van der Waals surface area contributed by atoms with E-state index in [1.54, 1.807) is 24.0 Å². The van der Waals surface area contributed by atoms with Gasteiger partial charge in [0.25, 0.3) is 0 Å². The number of rotatable bonds is 4. The average Bonchev–Trinajstić information content (AvgIpc) is 2.95. The number of aromatic nitrogens is 2. The second kappa shape index (κ2) is 6.33. The predicted molar refractivity (Wildman–Crippen MR) is 83.8 cm³/mol. The zero-order valence-electron chi connectivity index (χ0n) is 12.9. The van der Waals surface area contributed by atoms with Gasteiger partial charge >= 0.3 is 0 Å². The van der Waals surface area contributed by atoms with Crippen LogP contribution in [0.4, 0.5) is 4.39 Å². The van der Waals surface area contributed by atoms with Crippen LogP contribution < -0.4 is 10.0 Å². The van der Waals surface area contributed by atoms with Crippen molar-refractivity contribution >= 4 is 15.9 Å². The van der Waals surface area contributed by atoms with Gasteiger partial charge in [0.05, 0.1) is 10.9 Å². The van der Waals surface area contributed by atoms with Crippen molar-refractivity contribution < 1.29 is 17.6 Å². The molecule has 1 fully saturated rings. The van der Waals surface area contributed by atoms with Gasteiger partial charge in [-0.15, -0.1) is 0 Å². The normalized spacial score (nSPS) is 21.5. The van der Waals surface area contributed by atoms with Gasteiger partial charge in [-0.1, -0.05) is 0 Å². The monoisotopic (exact) mass is 352 g/mol. The summed E-state index contributed by atoms with van der Waals surface area (Å²) in [6, 6.07) is 3.48. The molecule has 128 valence electrons. The maximum atomic E-state index is 13.0. The molecule has 1 amide bonds. The number of halogens is 1. The zero-order chi connectivity index (χ0) is 17.3. The molecule has 1 aliphatic rings. The summed E-state index contributed by atoms with van der Waals surface area (Å²) in [4.78, 5) is 15.9. The van der Waals surface area contributed by atoms with Crippen molar-refractivity contribution in [2.24, 2.45) is 7.05 Å². The van der Waals surface area contributed by atoms with Crippen LogP contribution in [0, 0.1) is 5.82 Å². The molecule has 0 spiro atoms. The Morgan fingerprint density at radius 3 is 2.67 bits per heavy atom. The van der Waals surface area contributed by atoms with Crippen molar-refractivity contribution in [1.29, 1.82) is 0 Å². The van der Waals surface area contributed by atoms with Crippen LogP contribution in [0.15, 0.2) is 41.6 Å². The zero-order valence-corrected chi connectivity index (χ0v) is 13.8. The molecule has 0 aliphatic carbocycles. The summed E-state index contributed by atoms with van der Waals surface area (Å²) in [6.07, 6.45) is 3.88. The molecular formula is C15H17FN4O3S. The van der Waals surface area contributed by atoms with Crippen LogP contribution in [0.2, 0.25) is 0 Å². The van der Waals surface area contributed by atoms with Gasteiger partial charge in [0.2, 0.25) is 15.9 Å². The lowest BCUT2D eigenvalue weighted by Crippen LogP contribution is -2.50. The lowest BCUT2D eigenvalue weighted by molar-refractivity contribution is -0.123. The van der Waals surface area contributed by atoms with E-state index in [-0.39, 0.29) is 17.2 Å². The van der Waals surface area contributed by atoms with Crippen LogP contribution >= 0.6 is 0 Å². The molecule has 0 radical (unpaired) electrons. The minimum atomic E-state index is -3.84. The first kappa shape index (κ1) is 16.6. The van der Waals surface area contributed by atoms with Crippen LogP contribution in [0.25, 0.3) is 0 Å². The van der Waals surface area contributed by atoms with E-state index in [9.17, 15) is 17.6 Å². The Morgan fingerprint density at radius 1 is 1.33 bits per heavy atom. The van der Waals surface area contributed by atoms with Crippen molar-refractivity contribution in [3.8, 4) is 0 Å². The van der Waals surface area contributed by atoms with E-state index in [1.165, 1.54) is 12.1 Å². The molecule has 1 aromatic carbocycles. The molecule has 0 saturated carbocycles. The molecule has 0 bridgehead atoms. The van der Waals surface area contributed by atoms with E-state index in [1.807, 2.05) is 0 Å². The standard InChI is InChI=1S/C15H17FN4O3S/c1-20-9-8-17-15(20)14-12(6-7-13(21)18-14)19-24(22,23)11-4-2-10(16)3-5-11/h2-5,8-9,12,14,19H,6-7H2,1H3,(H,18,21)/t12-,14-/m1/s1. The Morgan fingerprint density at radius 2 is 2.04 bits per heavy atom. The minimum Gasteiger partial charge on any atom is -0.345 e. The smallest absolute Gasteiger partial charge is 0.240 e. The maximum absolute atomic E-state index is 13.0. The Kier molecular flexibility index (Phi) is 4.37. The minimum absolute atomic E-state index is 0.0283. The van der Waals surface area contributed by atoms with E-state index in [0.29, 0.717) is 12.2 Å². The molecule has 9 heteroatoms. The van der Waals surface area contributed by atoms with Gasteiger partial charge in [-0.3, -0.25) is 4.79 Å². The topological polar surface area (TPSA) is 93.1 Å². The lowest BCUT2D eigenvalue weighted by Gasteiger charge is -2.32. The number of carbonyl (C=O) groups is 1. The van der Waals surface area contributed by atoms with Crippen LogP contribution in [0.1, 0.15) is 24.7 Å². The highest BCUT2D eigenvalue weighted by molar-refractivity contribution is 7.89. The van der Waals surface area contributed by atoms with Crippen molar-refractivity contribution in [2.45, 2.75) is 29.8 Å². The molecule has 24 heavy (non-hydrogen) atoms. The number of piperidine rings is 1. The molecule has 1 saturated heterocycles. The Labute approximate surface area is 138 Å². The number of hydrogen-bond donors (Lipinski definition) is 2. The van der Waals surface area contributed by atoms with E-state index in [4.69, 9.17) is 0 Å². The van der Waals surface area contributed by atoms with Crippen LogP contribution in [-0.2, 0) is 21.9 Å². The molecule has 2 heterocycles. The molecule has 0 unspecified atom stereocenters. The van der Waals surface area contributed by atoms with Gasteiger partial charge in [0.1, 0.15) is 17.7 Å². The van der Waals surface area contributed by atoms with Crippen molar-refractivity contribution in [3.63, 3.8) is 0 Å². The summed E-state index contributed by atoms with van der Waals surface area (Å²) in [5.41, 5.74) is 0. The van der Waals surface area contributed by atoms with Gasteiger partial charge in [-0.05, 0) is 30.7 Å². The number of hydrogen-bond acceptors (Lipinski definition) is 4. The predicted octanol–water partition coefficient (Wildman–Crippen LogP) is 0.857. The number of sulfonamides is 1. The third-order valence-electron chi connectivity index (χ3n) is 3.97. The summed E-state index contributed by atoms with van der Waals surface area (Å²) in [5.74, 6) is -0.0974. The molecular weight excluding hydrogens is 335 g/mol. The molecule has 7 nitrogen and oxygen atoms in total. The van der Waals surface area contributed by atoms with Crippen molar-refractivity contribution in [3.05, 3.63) is 48.3 Å². The first-order chi connectivity index (χ1) is 11.4. The second-order valence-corrected chi connectivity index (χ2v) is 7.38. The molecule has 2 N–H and O–H groups in total. The Bertz CT molecular complexity index is 848. The van der Waals surface area contributed by atoms with Crippen LogP contribution in [0.3, 0.4) is 0 Å². The number of aryl methyl sites for hydroxylation is 1. The first-order valence-corrected chi connectivity index (χ1v) is 8.89. The largest absolute Gasteiger partial charge is 0.345 e. The van der Waals surface area contributed by atoms with Gasteiger partial charge in [-0.25, -0.2) is 22.5 Å². The van der Waals surface area contributed by atoms with Crippen LogP contribution in [0.5, 0.6) is 0 Å². The van der Waals surface area contributed by atoms with Gasteiger partial charge in [0.15, 0.2) is 0 Å². The molecule has 2 atom stereocenters. The fraction of sp³-hybridized carbons (Fsp3) is 0.333. The highest BCUT2D eigenvalue weighted by Gasteiger charge is 2.35. The van der Waals surface area contributed by atoms with E-state index in [0.717, 1.165) is 12.1 Å². The highest BCUT2D eigenvalue weighted by atomic mass is 32.2. The first-order valence-electron chi connectivity index (χ1n) is 7.41. The summed E-state index contributed by atoms with van der Waals surface area (Å²) in [6.45, 7) is 0. The SMILES string of the molecule is Cn1ccnc1[C@@H]1NC(=O)CC[C@H]1NS(=O)(=O)c1ccc(F)cc1. The van der Waals surface area contributed by atoms with Crippen LogP contribution in [-0.4, -0.2) is 29.9 Å². The molecule has 2 aromatic rings. The third kappa shape index (κ3) is 3.31. The number of nitrogens with zero attached hydrogens (tertiary/aromatic N) is 2. The van der Waals surface area contributed by atoms with Gasteiger partial charge < -0.3 is 9.88 Å². The number of nitrogens with one attached hydrogen (secondary N) is 2. The van der Waals surface area contributed by atoms with E-state index in [2.05, 4.69) is 15.0 Å². The van der Waals surface area contributed by atoms with Gasteiger partial charge in [-0.2, -0.15) is 0 Å². The van der Waals surface area contributed by atoms with E-state index >= 15 is 0 Å². The summed E-state index contributed by atoms with van der Waals surface area (Å²) < 4.78 is 42.4. The van der Waals surface area contributed by atoms with Crippen molar-refractivity contribution in [2.75, 3.05) is 0 Å². The fourth-order valence-electron chi connectivity index (χ4n) is 2.73. The fourth-order valence-corrected chi connectivity index (χ4v) is 4.01. The summed E-state index contributed by atoms with van der Waals surface area (Å²) >= 11 is 0.